The van der Waals surface area contributed by atoms with Gasteiger partial charge in [-0.05, 0) is 77.9 Å². The molecule has 9 rings (SSSR count). The van der Waals surface area contributed by atoms with E-state index in [2.05, 4.69) is 94.1 Å². The third-order valence-corrected chi connectivity index (χ3v) is 9.63. The number of nitrogens with zero attached hydrogens (tertiary/aromatic N) is 5. The number of rotatable bonds is 4. The Bertz CT molecular complexity index is 2970. The van der Waals surface area contributed by atoms with Crippen molar-refractivity contribution in [1.82, 2.24) is 9.13 Å². The van der Waals surface area contributed by atoms with Crippen molar-refractivity contribution in [3.05, 3.63) is 168 Å². The number of nitriles is 3. The number of benzene rings is 7. The van der Waals surface area contributed by atoms with Crippen molar-refractivity contribution in [1.29, 1.82) is 15.8 Å². The zero-order valence-electron chi connectivity index (χ0n) is 26.7. The fourth-order valence-corrected chi connectivity index (χ4v) is 7.46. The lowest BCUT2D eigenvalue weighted by Gasteiger charge is -2.16. The molecule has 0 spiro atoms. The molecule has 7 aromatic carbocycles. The summed E-state index contributed by atoms with van der Waals surface area (Å²) in [7, 11) is 0. The maximum Gasteiger partial charge on any atom is 0.0998 e. The predicted molar refractivity (Wildman–Crippen MR) is 200 cm³/mol. The Morgan fingerprint density at radius 2 is 1.08 bits per heavy atom. The minimum atomic E-state index is 0.573. The average Bonchev–Trinajstić information content (AvgIpc) is 3.70. The van der Waals surface area contributed by atoms with Crippen LogP contribution >= 0.6 is 0 Å². The van der Waals surface area contributed by atoms with Gasteiger partial charge in [-0.2, -0.15) is 15.8 Å². The summed E-state index contributed by atoms with van der Waals surface area (Å²) < 4.78 is 4.43. The molecule has 230 valence electrons. The molecule has 5 nitrogen and oxygen atoms in total. The van der Waals surface area contributed by atoms with Crippen LogP contribution in [-0.2, 0) is 0 Å². The van der Waals surface area contributed by atoms with Crippen molar-refractivity contribution >= 4 is 43.6 Å². The molecule has 0 radical (unpaired) electrons. The first-order valence-corrected chi connectivity index (χ1v) is 16.3. The lowest BCUT2D eigenvalue weighted by Crippen LogP contribution is -1.98. The van der Waals surface area contributed by atoms with Gasteiger partial charge in [0.05, 0.1) is 62.7 Å². The zero-order chi connectivity index (χ0) is 33.8. The molecule has 0 aliphatic heterocycles. The molecular weight excluding hydrogens is 611 g/mol. The molecule has 0 aliphatic rings. The first-order chi connectivity index (χ1) is 24.7. The summed E-state index contributed by atoms with van der Waals surface area (Å²) >= 11 is 0. The fraction of sp³-hybridized carbons (Fsp3) is 0. The fourth-order valence-electron chi connectivity index (χ4n) is 7.46. The van der Waals surface area contributed by atoms with Crippen LogP contribution in [0.3, 0.4) is 0 Å². The highest BCUT2D eigenvalue weighted by atomic mass is 15.0. The van der Waals surface area contributed by atoms with E-state index in [0.29, 0.717) is 16.7 Å². The van der Waals surface area contributed by atoms with Crippen molar-refractivity contribution in [2.45, 2.75) is 0 Å². The van der Waals surface area contributed by atoms with Crippen LogP contribution in [0.1, 0.15) is 16.7 Å². The van der Waals surface area contributed by atoms with Crippen LogP contribution in [0.4, 0.5) is 0 Å². The molecule has 0 atom stereocenters. The molecule has 2 aromatic heterocycles. The zero-order valence-corrected chi connectivity index (χ0v) is 26.7. The lowest BCUT2D eigenvalue weighted by atomic mass is 9.94. The number of para-hydroxylation sites is 3. The molecule has 0 amide bonds. The summed E-state index contributed by atoms with van der Waals surface area (Å²) in [6.45, 7) is 0. The second kappa shape index (κ2) is 11.4. The first kappa shape index (κ1) is 28.8. The van der Waals surface area contributed by atoms with Crippen LogP contribution in [0.15, 0.2) is 152 Å². The highest BCUT2D eigenvalue weighted by molar-refractivity contribution is 6.12. The normalized spacial score (nSPS) is 11.1. The van der Waals surface area contributed by atoms with E-state index in [0.717, 1.165) is 77.2 Å². The van der Waals surface area contributed by atoms with E-state index in [1.807, 2.05) is 84.9 Å². The SMILES string of the molecule is N#Cc1ccc2c(c1)c1ccccc1n2-c1ccccc1-c1ccc(-c2cccc(-n3c4ccccc4c4c(C#N)cccc43)c2)cc1C#N. The van der Waals surface area contributed by atoms with Crippen molar-refractivity contribution < 1.29 is 0 Å². The van der Waals surface area contributed by atoms with E-state index >= 15 is 0 Å². The monoisotopic (exact) mass is 635 g/mol. The van der Waals surface area contributed by atoms with Gasteiger partial charge in [0, 0.05) is 38.4 Å². The van der Waals surface area contributed by atoms with Crippen molar-refractivity contribution in [2.75, 3.05) is 0 Å². The Labute approximate surface area is 287 Å². The van der Waals surface area contributed by atoms with Crippen LogP contribution in [0.25, 0.3) is 77.2 Å². The number of hydrogen-bond acceptors (Lipinski definition) is 3. The highest BCUT2D eigenvalue weighted by Crippen LogP contribution is 2.39. The van der Waals surface area contributed by atoms with Crippen molar-refractivity contribution in [3.8, 4) is 51.8 Å². The number of aromatic nitrogens is 2. The maximum absolute atomic E-state index is 10.5. The minimum absolute atomic E-state index is 0.573. The molecule has 0 unspecified atom stereocenters. The van der Waals surface area contributed by atoms with Crippen LogP contribution in [0.2, 0.25) is 0 Å². The van der Waals surface area contributed by atoms with Crippen LogP contribution in [0, 0.1) is 34.0 Å². The van der Waals surface area contributed by atoms with E-state index < -0.39 is 0 Å². The Hall–Kier alpha value is -7.39. The van der Waals surface area contributed by atoms with Gasteiger partial charge in [0.2, 0.25) is 0 Å². The molecule has 5 heteroatoms. The molecule has 0 aliphatic carbocycles. The highest BCUT2D eigenvalue weighted by Gasteiger charge is 2.19. The lowest BCUT2D eigenvalue weighted by molar-refractivity contribution is 1.18. The minimum Gasteiger partial charge on any atom is -0.309 e. The number of hydrogen-bond donors (Lipinski definition) is 0. The van der Waals surface area contributed by atoms with Gasteiger partial charge in [-0.3, -0.25) is 0 Å². The predicted octanol–water partition coefficient (Wildman–Crippen LogP) is 10.8. The standard InChI is InChI=1S/C45H25N5/c46-26-29-19-22-43-39(23-29)37-13-2-5-16-41(37)50(43)40-15-4-1-12-36(40)35-21-20-31(24-33(35)28-48)30-9-7-11-34(25-30)49-42-17-6-3-14-38(42)45-32(27-47)10-8-18-44(45)49/h1-25H. The summed E-state index contributed by atoms with van der Waals surface area (Å²) in [5.41, 5.74) is 11.5. The average molecular weight is 636 g/mol. The second-order valence-electron chi connectivity index (χ2n) is 12.3. The van der Waals surface area contributed by atoms with Crippen LogP contribution in [0.5, 0.6) is 0 Å². The van der Waals surface area contributed by atoms with E-state index in [4.69, 9.17) is 0 Å². The van der Waals surface area contributed by atoms with E-state index in [1.54, 1.807) is 0 Å². The van der Waals surface area contributed by atoms with Crippen LogP contribution in [-0.4, -0.2) is 9.13 Å². The van der Waals surface area contributed by atoms with Gasteiger partial charge < -0.3 is 9.13 Å². The van der Waals surface area contributed by atoms with E-state index in [1.165, 1.54) is 0 Å². The summed E-state index contributed by atoms with van der Waals surface area (Å²) in [4.78, 5) is 0. The molecule has 0 saturated heterocycles. The molecule has 0 saturated carbocycles. The molecular formula is C45H25N5. The van der Waals surface area contributed by atoms with Gasteiger partial charge in [0.25, 0.3) is 0 Å². The third-order valence-electron chi connectivity index (χ3n) is 9.63. The second-order valence-corrected chi connectivity index (χ2v) is 12.3. The summed E-state index contributed by atoms with van der Waals surface area (Å²) in [6.07, 6.45) is 0. The Balaban J connectivity index is 1.19. The Morgan fingerprint density at radius 1 is 0.400 bits per heavy atom. The smallest absolute Gasteiger partial charge is 0.0998 e. The van der Waals surface area contributed by atoms with Gasteiger partial charge in [0.15, 0.2) is 0 Å². The van der Waals surface area contributed by atoms with Gasteiger partial charge >= 0.3 is 0 Å². The van der Waals surface area contributed by atoms with Gasteiger partial charge in [-0.15, -0.1) is 0 Å². The van der Waals surface area contributed by atoms with Crippen molar-refractivity contribution in [3.63, 3.8) is 0 Å². The summed E-state index contributed by atoms with van der Waals surface area (Å²) in [6, 6.07) is 57.8. The van der Waals surface area contributed by atoms with Gasteiger partial charge in [0.1, 0.15) is 0 Å². The summed E-state index contributed by atoms with van der Waals surface area (Å²) in [5, 5.41) is 34.1. The third kappa shape index (κ3) is 4.31. The van der Waals surface area contributed by atoms with Crippen LogP contribution < -0.4 is 0 Å². The van der Waals surface area contributed by atoms with Crippen molar-refractivity contribution in [2.24, 2.45) is 0 Å². The maximum atomic E-state index is 10.5. The van der Waals surface area contributed by atoms with E-state index in [-0.39, 0.29) is 0 Å². The molecule has 2 heterocycles. The Kier molecular flexibility index (Phi) is 6.56. The largest absolute Gasteiger partial charge is 0.309 e. The number of fused-ring (bicyclic) bond motifs is 6. The summed E-state index contributed by atoms with van der Waals surface area (Å²) in [5.74, 6) is 0. The quantitative estimate of drug-likeness (QED) is 0.193. The van der Waals surface area contributed by atoms with E-state index in [9.17, 15) is 15.8 Å². The molecule has 9 aromatic rings. The van der Waals surface area contributed by atoms with Gasteiger partial charge in [-0.1, -0.05) is 84.9 Å². The first-order valence-electron chi connectivity index (χ1n) is 16.3. The Morgan fingerprint density at radius 3 is 1.90 bits per heavy atom. The molecule has 0 N–H and O–H groups in total. The topological polar surface area (TPSA) is 81.2 Å². The molecule has 0 fully saturated rings. The molecule has 0 bridgehead atoms. The van der Waals surface area contributed by atoms with Gasteiger partial charge in [-0.25, -0.2) is 0 Å². The molecule has 50 heavy (non-hydrogen) atoms.